The van der Waals surface area contributed by atoms with Crippen LogP contribution in [0.4, 0.5) is 4.79 Å². The lowest BCUT2D eigenvalue weighted by Gasteiger charge is -2.35. The Balaban J connectivity index is 2.07. The number of urea groups is 1. The molecule has 0 atom stereocenters. The molecule has 6 heteroatoms. The van der Waals surface area contributed by atoms with Crippen LogP contribution in [-0.2, 0) is 0 Å². The molecule has 0 bridgehead atoms. The Kier molecular flexibility index (Phi) is 6.28. The van der Waals surface area contributed by atoms with Crippen molar-refractivity contribution >= 4 is 11.9 Å². The molecule has 0 spiro atoms. The molecule has 3 amide bonds. The monoisotopic (exact) mass is 347 g/mol. The van der Waals surface area contributed by atoms with Gasteiger partial charge in [-0.05, 0) is 37.5 Å². The fourth-order valence-electron chi connectivity index (χ4n) is 2.87. The second-order valence-electron chi connectivity index (χ2n) is 7.00. The van der Waals surface area contributed by atoms with Crippen LogP contribution in [0.1, 0.15) is 49.5 Å². The number of carbonyl (C=O) groups excluding carboxylic acids is 2. The molecule has 25 heavy (non-hydrogen) atoms. The minimum Gasteiger partial charge on any atom is -0.496 e. The molecule has 0 aromatic heterocycles. The predicted molar refractivity (Wildman–Crippen MR) is 98.2 cm³/mol. The van der Waals surface area contributed by atoms with Crippen molar-refractivity contribution in [2.75, 3.05) is 33.3 Å². The Morgan fingerprint density at radius 3 is 2.16 bits per heavy atom. The molecule has 1 aromatic rings. The SMILES string of the molecule is COc1ccc(C(C)C)cc1C(=O)N1CCN(C(=O)NC(C)C)CC1. The standard InChI is InChI=1S/C19H29N3O3/c1-13(2)15-6-7-17(25-5)16(12-15)18(23)21-8-10-22(11-9-21)19(24)20-14(3)4/h6-7,12-14H,8-11H2,1-5H3,(H,20,24). The molecule has 1 fully saturated rings. The third-order valence-corrected chi connectivity index (χ3v) is 4.39. The summed E-state index contributed by atoms with van der Waals surface area (Å²) in [5.74, 6) is 0.895. The van der Waals surface area contributed by atoms with Gasteiger partial charge < -0.3 is 19.9 Å². The van der Waals surface area contributed by atoms with Crippen LogP contribution < -0.4 is 10.1 Å². The first-order valence-electron chi connectivity index (χ1n) is 8.86. The lowest BCUT2D eigenvalue weighted by atomic mass is 9.99. The van der Waals surface area contributed by atoms with Gasteiger partial charge in [-0.1, -0.05) is 19.9 Å². The van der Waals surface area contributed by atoms with Crippen molar-refractivity contribution in [2.24, 2.45) is 0 Å². The number of nitrogens with zero attached hydrogens (tertiary/aromatic N) is 2. The van der Waals surface area contributed by atoms with Gasteiger partial charge in [0.2, 0.25) is 0 Å². The zero-order chi connectivity index (χ0) is 18.6. The fourth-order valence-corrected chi connectivity index (χ4v) is 2.87. The van der Waals surface area contributed by atoms with Crippen molar-refractivity contribution in [3.05, 3.63) is 29.3 Å². The van der Waals surface area contributed by atoms with E-state index in [0.717, 1.165) is 5.56 Å². The number of ether oxygens (including phenoxy) is 1. The maximum Gasteiger partial charge on any atom is 0.317 e. The van der Waals surface area contributed by atoms with E-state index >= 15 is 0 Å². The van der Waals surface area contributed by atoms with Crippen molar-refractivity contribution in [2.45, 2.75) is 39.7 Å². The van der Waals surface area contributed by atoms with Crippen LogP contribution in [0.5, 0.6) is 5.75 Å². The summed E-state index contributed by atoms with van der Waals surface area (Å²) in [6, 6.07) is 5.81. The van der Waals surface area contributed by atoms with Crippen LogP contribution in [0.3, 0.4) is 0 Å². The molecule has 2 rings (SSSR count). The highest BCUT2D eigenvalue weighted by atomic mass is 16.5. The molecule has 1 heterocycles. The summed E-state index contributed by atoms with van der Waals surface area (Å²) in [6.07, 6.45) is 0. The smallest absolute Gasteiger partial charge is 0.317 e. The van der Waals surface area contributed by atoms with E-state index in [1.807, 2.05) is 32.0 Å². The van der Waals surface area contributed by atoms with E-state index in [1.165, 1.54) is 0 Å². The topological polar surface area (TPSA) is 61.9 Å². The number of benzene rings is 1. The molecule has 138 valence electrons. The fraction of sp³-hybridized carbons (Fsp3) is 0.579. The van der Waals surface area contributed by atoms with Gasteiger partial charge in [0.05, 0.1) is 12.7 Å². The minimum absolute atomic E-state index is 0.0386. The van der Waals surface area contributed by atoms with Crippen LogP contribution in [0, 0.1) is 0 Å². The van der Waals surface area contributed by atoms with Crippen molar-refractivity contribution in [3.8, 4) is 5.75 Å². The Labute approximate surface area is 150 Å². The Morgan fingerprint density at radius 2 is 1.64 bits per heavy atom. The molecule has 0 radical (unpaired) electrons. The van der Waals surface area contributed by atoms with E-state index < -0.39 is 0 Å². The van der Waals surface area contributed by atoms with Crippen LogP contribution in [0.2, 0.25) is 0 Å². The largest absolute Gasteiger partial charge is 0.496 e. The Bertz CT molecular complexity index is 620. The zero-order valence-electron chi connectivity index (χ0n) is 15.8. The van der Waals surface area contributed by atoms with E-state index in [2.05, 4.69) is 19.2 Å². The average Bonchev–Trinajstić information content (AvgIpc) is 2.60. The number of hydrogen-bond donors (Lipinski definition) is 1. The van der Waals surface area contributed by atoms with Gasteiger partial charge in [0.15, 0.2) is 0 Å². The van der Waals surface area contributed by atoms with Gasteiger partial charge in [0.1, 0.15) is 5.75 Å². The second-order valence-corrected chi connectivity index (χ2v) is 7.00. The number of nitrogens with one attached hydrogen (secondary N) is 1. The molecule has 1 N–H and O–H groups in total. The summed E-state index contributed by atoms with van der Waals surface area (Å²) in [4.78, 5) is 28.6. The van der Waals surface area contributed by atoms with E-state index in [0.29, 0.717) is 43.4 Å². The number of piperazine rings is 1. The maximum absolute atomic E-state index is 12.9. The molecule has 1 aromatic carbocycles. The van der Waals surface area contributed by atoms with Crippen molar-refractivity contribution in [3.63, 3.8) is 0 Å². The van der Waals surface area contributed by atoms with Gasteiger partial charge in [0, 0.05) is 32.2 Å². The van der Waals surface area contributed by atoms with Crippen LogP contribution >= 0.6 is 0 Å². The third-order valence-electron chi connectivity index (χ3n) is 4.39. The number of rotatable bonds is 4. The number of hydrogen-bond acceptors (Lipinski definition) is 3. The highest BCUT2D eigenvalue weighted by Gasteiger charge is 2.27. The summed E-state index contributed by atoms with van der Waals surface area (Å²) in [5, 5.41) is 2.89. The van der Waals surface area contributed by atoms with Crippen LogP contribution in [0.25, 0.3) is 0 Å². The van der Waals surface area contributed by atoms with Gasteiger partial charge in [0.25, 0.3) is 5.91 Å². The van der Waals surface area contributed by atoms with Gasteiger partial charge in [-0.2, -0.15) is 0 Å². The van der Waals surface area contributed by atoms with E-state index in [1.54, 1.807) is 16.9 Å². The molecule has 1 aliphatic heterocycles. The molecule has 1 saturated heterocycles. The summed E-state index contributed by atoms with van der Waals surface area (Å²) in [5.41, 5.74) is 1.70. The molecule has 6 nitrogen and oxygen atoms in total. The Hall–Kier alpha value is -2.24. The summed E-state index contributed by atoms with van der Waals surface area (Å²) in [6.45, 7) is 10.2. The van der Waals surface area contributed by atoms with Crippen molar-refractivity contribution in [1.82, 2.24) is 15.1 Å². The molecule has 0 unspecified atom stereocenters. The molecular weight excluding hydrogens is 318 g/mol. The molecule has 0 aliphatic carbocycles. The van der Waals surface area contributed by atoms with Gasteiger partial charge >= 0.3 is 6.03 Å². The molecular formula is C19H29N3O3. The number of carbonyl (C=O) groups is 2. The van der Waals surface area contributed by atoms with Gasteiger partial charge in [-0.3, -0.25) is 4.79 Å². The molecule has 0 saturated carbocycles. The lowest BCUT2D eigenvalue weighted by molar-refractivity contribution is 0.0660. The first-order valence-corrected chi connectivity index (χ1v) is 8.86. The van der Waals surface area contributed by atoms with Crippen molar-refractivity contribution < 1.29 is 14.3 Å². The lowest BCUT2D eigenvalue weighted by Crippen LogP contribution is -2.54. The van der Waals surface area contributed by atoms with Gasteiger partial charge in [-0.15, -0.1) is 0 Å². The van der Waals surface area contributed by atoms with Crippen LogP contribution in [-0.4, -0.2) is 61.1 Å². The van der Waals surface area contributed by atoms with E-state index in [4.69, 9.17) is 4.74 Å². The first-order chi connectivity index (χ1) is 11.8. The predicted octanol–water partition coefficient (Wildman–Crippen LogP) is 2.69. The summed E-state index contributed by atoms with van der Waals surface area (Å²) < 4.78 is 5.37. The zero-order valence-corrected chi connectivity index (χ0v) is 15.8. The normalized spacial score (nSPS) is 14.8. The summed E-state index contributed by atoms with van der Waals surface area (Å²) in [7, 11) is 1.58. The molecule has 1 aliphatic rings. The van der Waals surface area contributed by atoms with E-state index in [-0.39, 0.29) is 18.0 Å². The average molecular weight is 347 g/mol. The summed E-state index contributed by atoms with van der Waals surface area (Å²) >= 11 is 0. The Morgan fingerprint density at radius 1 is 1.04 bits per heavy atom. The third kappa shape index (κ3) is 4.65. The minimum atomic E-state index is -0.0681. The highest BCUT2D eigenvalue weighted by Crippen LogP contribution is 2.25. The van der Waals surface area contributed by atoms with E-state index in [9.17, 15) is 9.59 Å². The van der Waals surface area contributed by atoms with Crippen molar-refractivity contribution in [1.29, 1.82) is 0 Å². The maximum atomic E-state index is 12.9. The number of amides is 3. The quantitative estimate of drug-likeness (QED) is 0.911. The number of methoxy groups -OCH3 is 1. The van der Waals surface area contributed by atoms with Crippen LogP contribution in [0.15, 0.2) is 18.2 Å². The highest BCUT2D eigenvalue weighted by molar-refractivity contribution is 5.97. The van der Waals surface area contributed by atoms with Gasteiger partial charge in [-0.25, -0.2) is 4.79 Å². The second kappa shape index (κ2) is 8.23. The first kappa shape index (κ1) is 19.1.